The molecule has 0 spiro atoms. The van der Waals surface area contributed by atoms with E-state index in [-0.39, 0.29) is 0 Å². The standard InChI is InChI=1S/C26H11N3O2S/c1-28-19-12-18-22-17(25(30)29(26(18)31)15-7-3-2-4-8-15)11-14(13-27)21-16-9-5-6-10-20(16)32-24(19)23(21)22/h2-12H. The minimum atomic E-state index is -0.470. The fourth-order valence-corrected chi connectivity index (χ4v) is 5.66. The molecule has 0 N–H and O–H groups in total. The molecule has 0 bridgehead atoms. The first-order valence-electron chi connectivity index (χ1n) is 9.80. The summed E-state index contributed by atoms with van der Waals surface area (Å²) in [6, 6.07) is 21.8. The van der Waals surface area contributed by atoms with Crippen molar-refractivity contribution in [2.24, 2.45) is 0 Å². The van der Waals surface area contributed by atoms with Crippen molar-refractivity contribution < 1.29 is 0 Å². The topological polar surface area (TPSA) is 67.2 Å². The summed E-state index contributed by atoms with van der Waals surface area (Å²) in [5.74, 6) is 0. The third kappa shape index (κ3) is 2.24. The first kappa shape index (κ1) is 18.3. The molecular weight excluding hydrogens is 418 g/mol. The molecule has 2 heterocycles. The fraction of sp³-hybridized carbons (Fsp3) is 0. The summed E-state index contributed by atoms with van der Waals surface area (Å²) in [6.07, 6.45) is 0. The van der Waals surface area contributed by atoms with Gasteiger partial charge in [0.1, 0.15) is 0 Å². The highest BCUT2D eigenvalue weighted by molar-refractivity contribution is 7.25. The van der Waals surface area contributed by atoms with Crippen LogP contribution in [-0.4, -0.2) is 4.57 Å². The summed E-state index contributed by atoms with van der Waals surface area (Å²) >= 11 is 1.44. The van der Waals surface area contributed by atoms with Gasteiger partial charge in [-0.05, 0) is 35.7 Å². The fourth-order valence-electron chi connectivity index (χ4n) is 4.50. The number of para-hydroxylation sites is 1. The van der Waals surface area contributed by atoms with Crippen LogP contribution in [0.4, 0.5) is 5.69 Å². The first-order valence-corrected chi connectivity index (χ1v) is 10.6. The normalized spacial score (nSPS) is 11.3. The number of nitriles is 1. The Labute approximate surface area is 184 Å². The highest BCUT2D eigenvalue weighted by Crippen LogP contribution is 2.45. The van der Waals surface area contributed by atoms with Gasteiger partial charge < -0.3 is 0 Å². The SMILES string of the molecule is [C-]#[N+]c1cc2c(=O)n(-c3ccccc3)c(=O)c3cc(C#N)c4c5ccccc5sc1c4c23. The molecule has 0 fully saturated rings. The quantitative estimate of drug-likeness (QED) is 0.190. The van der Waals surface area contributed by atoms with Crippen molar-refractivity contribution in [3.05, 3.63) is 104 Å². The Kier molecular flexibility index (Phi) is 3.70. The molecule has 4 aromatic carbocycles. The molecule has 32 heavy (non-hydrogen) atoms. The zero-order valence-corrected chi connectivity index (χ0v) is 17.2. The molecule has 148 valence electrons. The van der Waals surface area contributed by atoms with Gasteiger partial charge in [0.25, 0.3) is 11.1 Å². The van der Waals surface area contributed by atoms with Crippen molar-refractivity contribution >= 4 is 58.7 Å². The Morgan fingerprint density at radius 2 is 1.53 bits per heavy atom. The van der Waals surface area contributed by atoms with Gasteiger partial charge >= 0.3 is 0 Å². The van der Waals surface area contributed by atoms with Gasteiger partial charge in [0.2, 0.25) is 5.69 Å². The average Bonchev–Trinajstić information content (AvgIpc) is 2.84. The molecule has 0 saturated carbocycles. The minimum absolute atomic E-state index is 0.302. The molecule has 0 atom stereocenters. The highest BCUT2D eigenvalue weighted by atomic mass is 32.1. The zero-order chi connectivity index (χ0) is 22.0. The number of fused-ring (bicyclic) bond motifs is 2. The van der Waals surface area contributed by atoms with Crippen LogP contribution in [0.15, 0.2) is 76.3 Å². The van der Waals surface area contributed by atoms with E-state index in [0.717, 1.165) is 14.7 Å². The van der Waals surface area contributed by atoms with E-state index in [1.165, 1.54) is 11.3 Å². The molecular formula is C26H11N3O2S. The van der Waals surface area contributed by atoms with Gasteiger partial charge in [-0.2, -0.15) is 5.26 Å². The lowest BCUT2D eigenvalue weighted by molar-refractivity contribution is 0.970. The first-order chi connectivity index (χ1) is 15.6. The Balaban J connectivity index is 2.01. The van der Waals surface area contributed by atoms with E-state index in [2.05, 4.69) is 10.9 Å². The van der Waals surface area contributed by atoms with Gasteiger partial charge in [-0.1, -0.05) is 36.4 Å². The van der Waals surface area contributed by atoms with Crippen molar-refractivity contribution in [3.63, 3.8) is 0 Å². The lowest BCUT2D eigenvalue weighted by Crippen LogP contribution is -2.31. The number of hydrogen-bond acceptors (Lipinski definition) is 4. The van der Waals surface area contributed by atoms with Crippen molar-refractivity contribution in [2.75, 3.05) is 0 Å². The van der Waals surface area contributed by atoms with Crippen LogP contribution in [0.1, 0.15) is 5.56 Å². The van der Waals surface area contributed by atoms with E-state index in [0.29, 0.717) is 48.6 Å². The molecule has 0 unspecified atom stereocenters. The van der Waals surface area contributed by atoms with Crippen LogP contribution < -0.4 is 11.1 Å². The van der Waals surface area contributed by atoms with E-state index in [1.807, 2.05) is 24.3 Å². The van der Waals surface area contributed by atoms with E-state index in [1.54, 1.807) is 42.5 Å². The van der Waals surface area contributed by atoms with Gasteiger partial charge in [0.05, 0.1) is 29.3 Å². The third-order valence-corrected chi connectivity index (χ3v) is 7.02. The second-order valence-corrected chi connectivity index (χ2v) is 8.52. The Hall–Kier alpha value is -4.52. The van der Waals surface area contributed by atoms with E-state index >= 15 is 0 Å². The predicted molar refractivity (Wildman–Crippen MR) is 128 cm³/mol. The minimum Gasteiger partial charge on any atom is -0.268 e. The highest BCUT2D eigenvalue weighted by Gasteiger charge is 2.23. The van der Waals surface area contributed by atoms with Crippen LogP contribution in [0.2, 0.25) is 0 Å². The maximum atomic E-state index is 13.5. The van der Waals surface area contributed by atoms with Gasteiger partial charge in [-0.15, -0.1) is 11.3 Å². The maximum absolute atomic E-state index is 13.5. The second kappa shape index (κ2) is 6.49. The predicted octanol–water partition coefficient (Wildman–Crippen LogP) is 5.73. The van der Waals surface area contributed by atoms with Crippen molar-refractivity contribution in [3.8, 4) is 11.8 Å². The number of benzene rings is 4. The molecule has 2 aromatic heterocycles. The van der Waals surface area contributed by atoms with Gasteiger partial charge in [-0.3, -0.25) is 9.59 Å². The molecule has 6 heteroatoms. The van der Waals surface area contributed by atoms with Gasteiger partial charge in [0.15, 0.2) is 0 Å². The molecule has 6 rings (SSSR count). The lowest BCUT2D eigenvalue weighted by Gasteiger charge is -2.16. The van der Waals surface area contributed by atoms with Crippen LogP contribution in [0.25, 0.3) is 52.2 Å². The molecule has 6 aromatic rings. The smallest absolute Gasteiger partial charge is 0.266 e. The lowest BCUT2D eigenvalue weighted by atomic mass is 9.93. The Morgan fingerprint density at radius 3 is 2.25 bits per heavy atom. The van der Waals surface area contributed by atoms with Crippen molar-refractivity contribution in [1.82, 2.24) is 4.57 Å². The number of aromatic nitrogens is 1. The summed E-state index contributed by atoms with van der Waals surface area (Å²) in [7, 11) is 0. The number of pyridine rings is 1. The van der Waals surface area contributed by atoms with Crippen LogP contribution in [0.3, 0.4) is 0 Å². The van der Waals surface area contributed by atoms with E-state index in [9.17, 15) is 14.9 Å². The van der Waals surface area contributed by atoms with Crippen molar-refractivity contribution in [1.29, 1.82) is 5.26 Å². The summed E-state index contributed by atoms with van der Waals surface area (Å²) in [6.45, 7) is 7.76. The number of nitrogens with zero attached hydrogens (tertiary/aromatic N) is 3. The second-order valence-electron chi connectivity index (χ2n) is 7.47. The molecule has 0 radical (unpaired) electrons. The monoisotopic (exact) mass is 429 g/mol. The number of rotatable bonds is 1. The molecule has 0 saturated heterocycles. The molecule has 0 aliphatic rings. The summed E-state index contributed by atoms with van der Waals surface area (Å²) < 4.78 is 2.74. The number of hydrogen-bond donors (Lipinski definition) is 0. The van der Waals surface area contributed by atoms with Gasteiger partial charge in [0, 0.05) is 30.9 Å². The largest absolute Gasteiger partial charge is 0.268 e. The molecule has 5 nitrogen and oxygen atoms in total. The summed E-state index contributed by atoms with van der Waals surface area (Å²) in [5.41, 5.74) is 0.200. The van der Waals surface area contributed by atoms with Crippen LogP contribution in [-0.2, 0) is 0 Å². The van der Waals surface area contributed by atoms with Gasteiger partial charge in [-0.25, -0.2) is 9.41 Å². The molecule has 0 aliphatic heterocycles. The average molecular weight is 429 g/mol. The van der Waals surface area contributed by atoms with Crippen LogP contribution >= 0.6 is 11.3 Å². The maximum Gasteiger partial charge on any atom is 0.266 e. The van der Waals surface area contributed by atoms with E-state index < -0.39 is 11.1 Å². The Bertz CT molecular complexity index is 1900. The van der Waals surface area contributed by atoms with E-state index in [4.69, 9.17) is 6.57 Å². The van der Waals surface area contributed by atoms with Crippen LogP contribution in [0, 0.1) is 17.9 Å². The third-order valence-electron chi connectivity index (χ3n) is 5.83. The summed E-state index contributed by atoms with van der Waals surface area (Å²) in [4.78, 5) is 30.8. The zero-order valence-electron chi connectivity index (χ0n) is 16.4. The van der Waals surface area contributed by atoms with Crippen molar-refractivity contribution in [2.45, 2.75) is 0 Å². The summed E-state index contributed by atoms with van der Waals surface area (Å²) in [5, 5.41) is 13.3. The molecule has 0 amide bonds. The van der Waals surface area contributed by atoms with Crippen LogP contribution in [0.5, 0.6) is 0 Å². The molecule has 0 aliphatic carbocycles. The Morgan fingerprint density at radius 1 is 0.844 bits per heavy atom.